The van der Waals surface area contributed by atoms with Crippen molar-refractivity contribution in [1.29, 1.82) is 0 Å². The van der Waals surface area contributed by atoms with Crippen LogP contribution in [0.5, 0.6) is 23.0 Å². The van der Waals surface area contributed by atoms with E-state index in [1.165, 1.54) is 6.92 Å². The van der Waals surface area contributed by atoms with Crippen LogP contribution in [0.15, 0.2) is 30.3 Å². The number of aromatic hydroxyl groups is 1. The molecule has 0 fully saturated rings. The van der Waals surface area contributed by atoms with Gasteiger partial charge in [-0.3, -0.25) is 4.79 Å². The van der Waals surface area contributed by atoms with Crippen molar-refractivity contribution in [2.24, 2.45) is 0 Å². The summed E-state index contributed by atoms with van der Waals surface area (Å²) in [5, 5.41) is 12.8. The Morgan fingerprint density at radius 3 is 2.38 bits per heavy atom. The predicted molar refractivity (Wildman–Crippen MR) is 98.7 cm³/mol. The average molecular weight is 355 g/mol. The first-order valence-electron chi connectivity index (χ1n) is 8.13. The molecule has 0 radical (unpaired) electrons. The van der Waals surface area contributed by atoms with Crippen LogP contribution < -0.4 is 19.5 Å². The molecular weight excluding hydrogens is 334 g/mol. The lowest BCUT2D eigenvalue weighted by molar-refractivity contribution is -0.117. The number of carbonyl (C=O) groups excluding carboxylic acids is 1. The van der Waals surface area contributed by atoms with Gasteiger partial charge in [0.2, 0.25) is 11.7 Å². The highest BCUT2D eigenvalue weighted by Gasteiger charge is 2.26. The molecule has 136 valence electrons. The van der Waals surface area contributed by atoms with Crippen LogP contribution in [0.4, 0.5) is 0 Å². The van der Waals surface area contributed by atoms with E-state index in [2.05, 4.69) is 5.32 Å². The Labute approximate surface area is 152 Å². The van der Waals surface area contributed by atoms with Crippen LogP contribution in [-0.4, -0.2) is 32.3 Å². The van der Waals surface area contributed by atoms with Crippen molar-refractivity contribution in [3.63, 3.8) is 0 Å². The van der Waals surface area contributed by atoms with E-state index >= 15 is 0 Å². The molecule has 26 heavy (non-hydrogen) atoms. The summed E-state index contributed by atoms with van der Waals surface area (Å²) < 4.78 is 16.6. The quantitative estimate of drug-likeness (QED) is 0.881. The van der Waals surface area contributed by atoms with Crippen LogP contribution in [0.1, 0.15) is 18.1 Å². The zero-order valence-electron chi connectivity index (χ0n) is 15.2. The molecule has 3 rings (SSSR count). The molecule has 0 spiro atoms. The third-order valence-electron chi connectivity index (χ3n) is 4.31. The number of rotatable bonds is 4. The summed E-state index contributed by atoms with van der Waals surface area (Å²) >= 11 is 0. The van der Waals surface area contributed by atoms with Crippen molar-refractivity contribution in [3.8, 4) is 34.1 Å². The highest BCUT2D eigenvalue weighted by Crippen LogP contribution is 2.49. The first kappa shape index (κ1) is 17.7. The van der Waals surface area contributed by atoms with Crippen molar-refractivity contribution >= 4 is 11.6 Å². The second-order valence-corrected chi connectivity index (χ2v) is 5.91. The van der Waals surface area contributed by atoms with Gasteiger partial charge in [-0.05, 0) is 41.8 Å². The number of amides is 1. The fourth-order valence-corrected chi connectivity index (χ4v) is 3.27. The number of phenolic OH excluding ortho intramolecular Hbond substituents is 1. The third kappa shape index (κ3) is 2.94. The molecule has 6 nitrogen and oxygen atoms in total. The van der Waals surface area contributed by atoms with Crippen molar-refractivity contribution in [1.82, 2.24) is 5.32 Å². The Morgan fingerprint density at radius 2 is 1.77 bits per heavy atom. The molecule has 1 aliphatic rings. The van der Waals surface area contributed by atoms with E-state index < -0.39 is 0 Å². The van der Waals surface area contributed by atoms with Gasteiger partial charge in [-0.25, -0.2) is 0 Å². The predicted octanol–water partition coefficient (Wildman–Crippen LogP) is 3.12. The van der Waals surface area contributed by atoms with Gasteiger partial charge in [0, 0.05) is 23.7 Å². The molecule has 0 saturated carbocycles. The maximum Gasteiger partial charge on any atom is 0.221 e. The second-order valence-electron chi connectivity index (χ2n) is 5.91. The maximum atomic E-state index is 11.6. The smallest absolute Gasteiger partial charge is 0.221 e. The standard InChI is InChI=1S/C20H21NO5/c1-11(22)21-16-8-5-12-9-17(24-2)19(25-3)20(26-4)18(12)14-7-6-13(23)10-15(14)16/h6-10,23H,5H2,1-4H3,(H,21,22). The number of carbonyl (C=O) groups is 1. The van der Waals surface area contributed by atoms with Crippen LogP contribution in [-0.2, 0) is 11.2 Å². The minimum Gasteiger partial charge on any atom is -0.508 e. The number of benzene rings is 2. The van der Waals surface area contributed by atoms with Crippen LogP contribution in [0.3, 0.4) is 0 Å². The van der Waals surface area contributed by atoms with Crippen LogP contribution in [0.2, 0.25) is 0 Å². The SMILES string of the molecule is COc1cc2c(c(OC)c1OC)-c1ccc(O)cc1C(NC(C)=O)=CC2. The molecule has 6 heteroatoms. The summed E-state index contributed by atoms with van der Waals surface area (Å²) in [5.74, 6) is 1.54. The number of phenols is 1. The fourth-order valence-electron chi connectivity index (χ4n) is 3.27. The Kier molecular flexibility index (Phi) is 4.75. The van der Waals surface area contributed by atoms with Gasteiger partial charge in [0.25, 0.3) is 0 Å². The second kappa shape index (κ2) is 7.00. The molecule has 0 aromatic heterocycles. The maximum absolute atomic E-state index is 11.6. The number of methoxy groups -OCH3 is 3. The minimum atomic E-state index is -0.182. The Hall–Kier alpha value is -3.15. The summed E-state index contributed by atoms with van der Waals surface area (Å²) in [6, 6.07) is 6.94. The number of hydrogen-bond donors (Lipinski definition) is 2. The normalized spacial score (nSPS) is 12.2. The van der Waals surface area contributed by atoms with Gasteiger partial charge in [-0.1, -0.05) is 6.08 Å². The largest absolute Gasteiger partial charge is 0.508 e. The van der Waals surface area contributed by atoms with Gasteiger partial charge in [0.05, 0.1) is 21.3 Å². The van der Waals surface area contributed by atoms with E-state index in [4.69, 9.17) is 14.2 Å². The van der Waals surface area contributed by atoms with E-state index in [9.17, 15) is 9.90 Å². The minimum absolute atomic E-state index is 0.114. The molecule has 2 aromatic rings. The molecule has 0 bridgehead atoms. The van der Waals surface area contributed by atoms with Gasteiger partial charge in [-0.2, -0.15) is 0 Å². The number of allylic oxidation sites excluding steroid dienone is 1. The Morgan fingerprint density at radius 1 is 1.04 bits per heavy atom. The van der Waals surface area contributed by atoms with E-state index in [1.807, 2.05) is 12.1 Å². The number of hydrogen-bond acceptors (Lipinski definition) is 5. The molecule has 0 saturated heterocycles. The van der Waals surface area contributed by atoms with Crippen molar-refractivity contribution in [2.75, 3.05) is 21.3 Å². The van der Waals surface area contributed by atoms with Crippen LogP contribution in [0, 0.1) is 0 Å². The lowest BCUT2D eigenvalue weighted by atomic mass is 9.93. The molecule has 1 amide bonds. The van der Waals surface area contributed by atoms with E-state index in [0.29, 0.717) is 34.9 Å². The Balaban J connectivity index is 2.35. The summed E-state index contributed by atoms with van der Waals surface area (Å²) in [5.41, 5.74) is 3.99. The molecule has 0 aliphatic heterocycles. The van der Waals surface area contributed by atoms with Gasteiger partial charge in [0.1, 0.15) is 5.75 Å². The lowest BCUT2D eigenvalue weighted by Crippen LogP contribution is -2.18. The fraction of sp³-hybridized carbons (Fsp3) is 0.250. The van der Waals surface area contributed by atoms with E-state index in [-0.39, 0.29) is 11.7 Å². The molecule has 0 heterocycles. The molecule has 0 unspecified atom stereocenters. The number of nitrogens with one attached hydrogen (secondary N) is 1. The van der Waals surface area contributed by atoms with Crippen LogP contribution >= 0.6 is 0 Å². The monoisotopic (exact) mass is 355 g/mol. The number of ether oxygens (including phenoxy) is 3. The summed E-state index contributed by atoms with van der Waals surface area (Å²) in [7, 11) is 4.71. The third-order valence-corrected chi connectivity index (χ3v) is 4.31. The summed E-state index contributed by atoms with van der Waals surface area (Å²) in [6.45, 7) is 1.45. The van der Waals surface area contributed by atoms with Crippen LogP contribution in [0.25, 0.3) is 16.8 Å². The summed E-state index contributed by atoms with van der Waals surface area (Å²) in [4.78, 5) is 11.6. The van der Waals surface area contributed by atoms with Crippen molar-refractivity contribution < 1.29 is 24.1 Å². The lowest BCUT2D eigenvalue weighted by Gasteiger charge is -2.20. The highest BCUT2D eigenvalue weighted by atomic mass is 16.5. The van der Waals surface area contributed by atoms with E-state index in [1.54, 1.807) is 39.5 Å². The average Bonchev–Trinajstić information content (AvgIpc) is 2.76. The van der Waals surface area contributed by atoms with Crippen molar-refractivity contribution in [2.45, 2.75) is 13.3 Å². The van der Waals surface area contributed by atoms with Gasteiger partial charge in [-0.15, -0.1) is 0 Å². The molecule has 0 atom stereocenters. The number of fused-ring (bicyclic) bond motifs is 3. The first-order chi connectivity index (χ1) is 12.5. The zero-order chi connectivity index (χ0) is 18.8. The van der Waals surface area contributed by atoms with Gasteiger partial charge >= 0.3 is 0 Å². The highest BCUT2D eigenvalue weighted by molar-refractivity contribution is 5.94. The van der Waals surface area contributed by atoms with Gasteiger partial charge in [0.15, 0.2) is 11.5 Å². The molecule has 2 aromatic carbocycles. The molecule has 1 aliphatic carbocycles. The topological polar surface area (TPSA) is 77.0 Å². The van der Waals surface area contributed by atoms with Gasteiger partial charge < -0.3 is 24.6 Å². The van der Waals surface area contributed by atoms with E-state index in [0.717, 1.165) is 16.7 Å². The molecule has 2 N–H and O–H groups in total. The molecular formula is C20H21NO5. The first-order valence-corrected chi connectivity index (χ1v) is 8.13. The van der Waals surface area contributed by atoms with Crippen molar-refractivity contribution in [3.05, 3.63) is 41.5 Å². The zero-order valence-corrected chi connectivity index (χ0v) is 15.2. The summed E-state index contributed by atoms with van der Waals surface area (Å²) in [6.07, 6.45) is 2.47. The Bertz CT molecular complexity index is 902.